The van der Waals surface area contributed by atoms with Gasteiger partial charge in [0.25, 0.3) is 0 Å². The maximum Gasteiger partial charge on any atom is 0.503 e. The van der Waals surface area contributed by atoms with Gasteiger partial charge in [0.15, 0.2) is 0 Å². The van der Waals surface area contributed by atoms with Gasteiger partial charge in [-0.2, -0.15) is 0 Å². The molecule has 152 valence electrons. The number of carboxylic acid groups (broad SMARTS) is 2. The van der Waals surface area contributed by atoms with Crippen LogP contribution in [0.15, 0.2) is 70.9 Å². The van der Waals surface area contributed by atoms with E-state index in [0.29, 0.717) is 9.23 Å². The standard InChI is InChI=1S/C19H16ClNO2S2.CH2O3/c20-15-8-6-14(7-9-15)18-10-11-19(24-18)25(22,23)21-17-12-16(17)13-4-2-1-3-5-13;2-1(3)4/h1-11,16-17,21H,12H2;(H2,2,3,4)/t16-,17+;/m1./s1. The summed E-state index contributed by atoms with van der Waals surface area (Å²) in [5.74, 6) is 0.270. The van der Waals surface area contributed by atoms with Crippen molar-refractivity contribution in [2.24, 2.45) is 0 Å². The first-order valence-corrected chi connectivity index (χ1v) is 11.3. The smallest absolute Gasteiger partial charge is 0.450 e. The topological polar surface area (TPSA) is 104 Å². The van der Waals surface area contributed by atoms with E-state index in [-0.39, 0.29) is 12.0 Å². The maximum absolute atomic E-state index is 12.6. The minimum atomic E-state index is -3.49. The largest absolute Gasteiger partial charge is 0.503 e. The zero-order valence-corrected chi connectivity index (χ0v) is 17.4. The molecule has 1 aromatic heterocycles. The van der Waals surface area contributed by atoms with Gasteiger partial charge in [-0.05, 0) is 41.8 Å². The van der Waals surface area contributed by atoms with Gasteiger partial charge in [0, 0.05) is 21.9 Å². The normalized spacial score (nSPS) is 17.8. The fraction of sp³-hybridized carbons (Fsp3) is 0.150. The van der Waals surface area contributed by atoms with Crippen LogP contribution in [0.25, 0.3) is 10.4 Å². The van der Waals surface area contributed by atoms with E-state index in [1.807, 2.05) is 48.5 Å². The zero-order chi connectivity index (χ0) is 21.0. The molecule has 1 aliphatic rings. The molecule has 1 heterocycles. The van der Waals surface area contributed by atoms with Crippen LogP contribution in [0.4, 0.5) is 4.79 Å². The van der Waals surface area contributed by atoms with Crippen LogP contribution in [0.1, 0.15) is 17.9 Å². The van der Waals surface area contributed by atoms with Gasteiger partial charge in [0.05, 0.1) is 0 Å². The Morgan fingerprint density at radius 1 is 1.00 bits per heavy atom. The summed E-state index contributed by atoms with van der Waals surface area (Å²) in [6, 6.07) is 20.9. The predicted octanol–water partition coefficient (Wildman–Crippen LogP) is 5.13. The van der Waals surface area contributed by atoms with E-state index in [4.69, 9.17) is 26.6 Å². The van der Waals surface area contributed by atoms with Gasteiger partial charge in [-0.25, -0.2) is 17.9 Å². The molecule has 0 unspecified atom stereocenters. The first-order chi connectivity index (χ1) is 13.8. The van der Waals surface area contributed by atoms with Crippen LogP contribution in [0, 0.1) is 0 Å². The Morgan fingerprint density at radius 3 is 2.24 bits per heavy atom. The molecule has 1 fully saturated rings. The van der Waals surface area contributed by atoms with Crippen molar-refractivity contribution in [3.8, 4) is 10.4 Å². The minimum Gasteiger partial charge on any atom is -0.450 e. The van der Waals surface area contributed by atoms with Crippen LogP contribution in [-0.4, -0.2) is 30.8 Å². The molecule has 0 spiro atoms. The van der Waals surface area contributed by atoms with Crippen molar-refractivity contribution >= 4 is 39.1 Å². The molecule has 2 atom stereocenters. The summed E-state index contributed by atoms with van der Waals surface area (Å²) in [7, 11) is -3.49. The molecule has 4 rings (SSSR count). The second kappa shape index (κ2) is 8.96. The average molecular weight is 452 g/mol. The average Bonchev–Trinajstić information content (AvgIpc) is 3.23. The lowest BCUT2D eigenvalue weighted by Gasteiger charge is -2.04. The molecule has 9 heteroatoms. The number of halogens is 1. The van der Waals surface area contributed by atoms with Gasteiger partial charge in [-0.15, -0.1) is 11.3 Å². The highest BCUT2D eigenvalue weighted by Crippen LogP contribution is 2.42. The summed E-state index contributed by atoms with van der Waals surface area (Å²) in [5.41, 5.74) is 2.15. The molecule has 0 radical (unpaired) electrons. The fourth-order valence-corrected chi connectivity index (χ4v) is 5.63. The van der Waals surface area contributed by atoms with Crippen LogP contribution in [-0.2, 0) is 10.0 Å². The second-order valence-corrected chi connectivity index (χ2v) is 9.85. The van der Waals surface area contributed by atoms with Gasteiger partial charge in [-0.1, -0.05) is 54.1 Å². The van der Waals surface area contributed by atoms with E-state index in [0.717, 1.165) is 16.9 Å². The summed E-state index contributed by atoms with van der Waals surface area (Å²) < 4.78 is 28.4. The Hall–Kier alpha value is -2.39. The number of thiophene rings is 1. The molecule has 0 amide bonds. The third-order valence-electron chi connectivity index (χ3n) is 4.30. The number of sulfonamides is 1. The van der Waals surface area contributed by atoms with Gasteiger partial charge in [0.1, 0.15) is 4.21 Å². The molecular weight excluding hydrogens is 434 g/mol. The number of nitrogens with one attached hydrogen (secondary N) is 1. The molecule has 0 aliphatic heterocycles. The van der Waals surface area contributed by atoms with Crippen molar-refractivity contribution in [2.75, 3.05) is 0 Å². The summed E-state index contributed by atoms with van der Waals surface area (Å²) in [6.45, 7) is 0. The van der Waals surface area contributed by atoms with E-state index >= 15 is 0 Å². The quantitative estimate of drug-likeness (QED) is 0.499. The molecule has 3 N–H and O–H groups in total. The van der Waals surface area contributed by atoms with Crippen molar-refractivity contribution in [2.45, 2.75) is 22.6 Å². The van der Waals surface area contributed by atoms with E-state index in [9.17, 15) is 8.42 Å². The summed E-state index contributed by atoms with van der Waals surface area (Å²) in [4.78, 5) is 9.47. The van der Waals surface area contributed by atoms with Crippen molar-refractivity contribution in [1.29, 1.82) is 0 Å². The van der Waals surface area contributed by atoms with Crippen LogP contribution >= 0.6 is 22.9 Å². The molecule has 2 aromatic carbocycles. The monoisotopic (exact) mass is 451 g/mol. The van der Waals surface area contributed by atoms with Crippen molar-refractivity contribution in [1.82, 2.24) is 4.72 Å². The Balaban J connectivity index is 0.000000552. The number of hydrogen-bond acceptors (Lipinski definition) is 4. The number of hydrogen-bond donors (Lipinski definition) is 3. The van der Waals surface area contributed by atoms with Gasteiger partial charge < -0.3 is 10.2 Å². The second-order valence-electron chi connectivity index (χ2n) is 6.39. The number of benzene rings is 2. The van der Waals surface area contributed by atoms with Crippen molar-refractivity contribution in [3.63, 3.8) is 0 Å². The molecule has 3 aromatic rings. The Labute approximate surface area is 177 Å². The number of rotatable bonds is 5. The molecule has 1 aliphatic carbocycles. The molecule has 0 bridgehead atoms. The van der Waals surface area contributed by atoms with E-state index in [2.05, 4.69) is 4.72 Å². The lowest BCUT2D eigenvalue weighted by Crippen LogP contribution is -2.26. The lowest BCUT2D eigenvalue weighted by atomic mass is 10.1. The molecule has 1 saturated carbocycles. The summed E-state index contributed by atoms with van der Waals surface area (Å²) in [6.07, 6.45) is -0.987. The molecule has 29 heavy (non-hydrogen) atoms. The molecule has 0 saturated heterocycles. The van der Waals surface area contributed by atoms with Gasteiger partial charge >= 0.3 is 6.16 Å². The van der Waals surface area contributed by atoms with Crippen LogP contribution in [0.3, 0.4) is 0 Å². The third kappa shape index (κ3) is 5.80. The SMILES string of the molecule is O=C(O)O.O=S(=O)(N[C@H]1C[C@@H]1c1ccccc1)c1ccc(-c2ccc(Cl)cc2)s1. The number of carbonyl (C=O) groups is 1. The fourth-order valence-electron chi connectivity index (χ4n) is 2.89. The minimum absolute atomic E-state index is 0.0199. The summed E-state index contributed by atoms with van der Waals surface area (Å²) in [5, 5.41) is 14.6. The lowest BCUT2D eigenvalue weighted by molar-refractivity contribution is 0.137. The van der Waals surface area contributed by atoms with E-state index in [1.165, 1.54) is 16.9 Å². The first-order valence-electron chi connectivity index (χ1n) is 8.61. The molecule has 6 nitrogen and oxygen atoms in total. The van der Waals surface area contributed by atoms with Crippen LogP contribution in [0.5, 0.6) is 0 Å². The Bertz CT molecular complexity index is 1080. The first kappa shape index (κ1) is 21.3. The predicted molar refractivity (Wildman–Crippen MR) is 113 cm³/mol. The maximum atomic E-state index is 12.6. The van der Waals surface area contributed by atoms with Crippen molar-refractivity contribution in [3.05, 3.63) is 77.3 Å². The summed E-state index contributed by atoms with van der Waals surface area (Å²) >= 11 is 7.17. The highest BCUT2D eigenvalue weighted by atomic mass is 35.5. The van der Waals surface area contributed by atoms with Crippen LogP contribution < -0.4 is 4.72 Å². The highest BCUT2D eigenvalue weighted by Gasteiger charge is 2.41. The van der Waals surface area contributed by atoms with E-state index in [1.54, 1.807) is 18.2 Å². The van der Waals surface area contributed by atoms with Crippen LogP contribution in [0.2, 0.25) is 5.02 Å². The van der Waals surface area contributed by atoms with Gasteiger partial charge in [-0.3, -0.25) is 0 Å². The van der Waals surface area contributed by atoms with Crippen molar-refractivity contribution < 1.29 is 23.4 Å². The van der Waals surface area contributed by atoms with E-state index < -0.39 is 16.2 Å². The van der Waals surface area contributed by atoms with Gasteiger partial charge in [0.2, 0.25) is 10.0 Å². The zero-order valence-electron chi connectivity index (χ0n) is 15.0. The highest BCUT2D eigenvalue weighted by molar-refractivity contribution is 7.91. The Kier molecular flexibility index (Phi) is 6.59. The third-order valence-corrected chi connectivity index (χ3v) is 7.67. The Morgan fingerprint density at radius 2 is 1.62 bits per heavy atom. The molecular formula is C20H18ClNO5S2.